The van der Waals surface area contributed by atoms with Crippen LogP contribution in [-0.2, 0) is 12.7 Å². The van der Waals surface area contributed by atoms with E-state index in [1.807, 2.05) is 54.6 Å². The van der Waals surface area contributed by atoms with Crippen molar-refractivity contribution in [2.45, 2.75) is 12.7 Å². The zero-order chi connectivity index (χ0) is 19.3. The summed E-state index contributed by atoms with van der Waals surface area (Å²) in [5.41, 5.74) is 7.80. The van der Waals surface area contributed by atoms with Gasteiger partial charge in [0.1, 0.15) is 0 Å². The Morgan fingerprint density at radius 2 is 1.37 bits per heavy atom. The van der Waals surface area contributed by atoms with Gasteiger partial charge in [-0.05, 0) is 41.0 Å². The summed E-state index contributed by atoms with van der Waals surface area (Å²) >= 11 is 0. The molecule has 0 saturated heterocycles. The van der Waals surface area contributed by atoms with Gasteiger partial charge in [-0.25, -0.2) is 5.43 Å². The minimum Gasteiger partial charge on any atom is -0.287 e. The zero-order valence-electron chi connectivity index (χ0n) is 14.3. The van der Waals surface area contributed by atoms with Gasteiger partial charge < -0.3 is 0 Å². The fourth-order valence-corrected chi connectivity index (χ4v) is 2.55. The lowest BCUT2D eigenvalue weighted by Gasteiger charge is -2.10. The zero-order valence-corrected chi connectivity index (χ0v) is 14.3. The molecule has 3 rings (SSSR count). The molecule has 2 N–H and O–H groups in total. The summed E-state index contributed by atoms with van der Waals surface area (Å²) in [7, 11) is 0. The van der Waals surface area contributed by atoms with Crippen molar-refractivity contribution in [1.29, 1.82) is 0 Å². The molecule has 0 aliphatic rings. The van der Waals surface area contributed by atoms with Crippen molar-refractivity contribution in [2.24, 2.45) is 0 Å². The highest BCUT2D eigenvalue weighted by molar-refractivity contribution is 5.93. The van der Waals surface area contributed by atoms with Crippen LogP contribution in [0.4, 0.5) is 13.2 Å². The summed E-state index contributed by atoms with van der Waals surface area (Å²) in [5.74, 6) is -0.496. The molecule has 0 aliphatic heterocycles. The minimum absolute atomic E-state index is 0.148. The van der Waals surface area contributed by atoms with Crippen LogP contribution in [0.3, 0.4) is 0 Å². The molecule has 3 nitrogen and oxygen atoms in total. The molecular weight excluding hydrogens is 353 g/mol. The van der Waals surface area contributed by atoms with Crippen LogP contribution in [0.2, 0.25) is 0 Å². The van der Waals surface area contributed by atoms with Crippen molar-refractivity contribution < 1.29 is 18.0 Å². The third-order valence-electron chi connectivity index (χ3n) is 4.03. The number of nitrogens with one attached hydrogen (secondary N) is 2. The van der Waals surface area contributed by atoms with Crippen LogP contribution in [0, 0.1) is 0 Å². The predicted octanol–water partition coefficient (Wildman–Crippen LogP) is 4.81. The molecule has 0 atom stereocenters. The van der Waals surface area contributed by atoms with Crippen LogP contribution in [0.15, 0.2) is 78.9 Å². The van der Waals surface area contributed by atoms with Crippen molar-refractivity contribution in [3.8, 4) is 11.1 Å². The highest BCUT2D eigenvalue weighted by Crippen LogP contribution is 2.29. The Hall–Kier alpha value is -3.12. The predicted molar refractivity (Wildman–Crippen MR) is 97.6 cm³/mol. The van der Waals surface area contributed by atoms with E-state index in [1.165, 1.54) is 0 Å². The van der Waals surface area contributed by atoms with Crippen molar-refractivity contribution in [1.82, 2.24) is 10.9 Å². The van der Waals surface area contributed by atoms with E-state index in [2.05, 4.69) is 10.9 Å². The number of rotatable bonds is 5. The molecule has 0 heterocycles. The second-order valence-electron chi connectivity index (χ2n) is 5.95. The lowest BCUT2D eigenvalue weighted by atomic mass is 10.0. The number of carbonyl (C=O) groups excluding carboxylic acids is 1. The molecule has 138 valence electrons. The van der Waals surface area contributed by atoms with Gasteiger partial charge >= 0.3 is 6.18 Å². The van der Waals surface area contributed by atoms with Crippen LogP contribution in [0.1, 0.15) is 21.5 Å². The molecule has 0 saturated carbocycles. The standard InChI is InChI=1S/C21H17F3N2O/c22-21(23,24)19-12-10-18(11-13-19)20(27)26-25-14-15-6-8-17(9-7-15)16-4-2-1-3-5-16/h1-13,25H,14H2,(H,26,27). The summed E-state index contributed by atoms with van der Waals surface area (Å²) in [5, 5.41) is 0. The number of hydrogen-bond acceptors (Lipinski definition) is 2. The topological polar surface area (TPSA) is 41.1 Å². The van der Waals surface area contributed by atoms with Crippen LogP contribution < -0.4 is 10.9 Å². The number of carbonyl (C=O) groups is 1. The Labute approximate surface area is 154 Å². The van der Waals surface area contributed by atoms with Crippen LogP contribution >= 0.6 is 0 Å². The molecule has 0 aromatic heterocycles. The molecule has 0 spiro atoms. The van der Waals surface area contributed by atoms with Crippen molar-refractivity contribution in [2.75, 3.05) is 0 Å². The molecule has 1 amide bonds. The maximum atomic E-state index is 12.5. The summed E-state index contributed by atoms with van der Waals surface area (Å²) in [4.78, 5) is 12.0. The average Bonchev–Trinajstić information content (AvgIpc) is 2.68. The van der Waals surface area contributed by atoms with E-state index < -0.39 is 17.6 Å². The molecule has 0 unspecified atom stereocenters. The number of hydrazine groups is 1. The van der Waals surface area contributed by atoms with Crippen LogP contribution in [0.25, 0.3) is 11.1 Å². The highest BCUT2D eigenvalue weighted by Gasteiger charge is 2.30. The fourth-order valence-electron chi connectivity index (χ4n) is 2.55. The van der Waals surface area contributed by atoms with E-state index in [4.69, 9.17) is 0 Å². The number of alkyl halides is 3. The number of amides is 1. The normalized spacial score (nSPS) is 11.2. The molecule has 27 heavy (non-hydrogen) atoms. The highest BCUT2D eigenvalue weighted by atomic mass is 19.4. The van der Waals surface area contributed by atoms with E-state index in [-0.39, 0.29) is 5.56 Å². The second-order valence-corrected chi connectivity index (χ2v) is 5.95. The first kappa shape index (κ1) is 18.7. The Morgan fingerprint density at radius 1 is 0.778 bits per heavy atom. The maximum Gasteiger partial charge on any atom is 0.416 e. The molecule has 0 bridgehead atoms. The minimum atomic E-state index is -4.42. The quantitative estimate of drug-likeness (QED) is 0.633. The van der Waals surface area contributed by atoms with E-state index in [9.17, 15) is 18.0 Å². The van der Waals surface area contributed by atoms with Crippen molar-refractivity contribution >= 4 is 5.91 Å². The first-order valence-corrected chi connectivity index (χ1v) is 8.28. The summed E-state index contributed by atoms with van der Waals surface area (Å²) in [6.45, 7) is 0.390. The lowest BCUT2D eigenvalue weighted by Crippen LogP contribution is -2.36. The lowest BCUT2D eigenvalue weighted by molar-refractivity contribution is -0.137. The molecule has 3 aromatic carbocycles. The fraction of sp³-hybridized carbons (Fsp3) is 0.0952. The Balaban J connectivity index is 1.53. The Morgan fingerprint density at radius 3 is 1.96 bits per heavy atom. The molecule has 6 heteroatoms. The monoisotopic (exact) mass is 370 g/mol. The van der Waals surface area contributed by atoms with Gasteiger partial charge in [-0.2, -0.15) is 13.2 Å². The van der Waals surface area contributed by atoms with E-state index >= 15 is 0 Å². The Kier molecular flexibility index (Phi) is 5.57. The molecule has 0 fully saturated rings. The number of benzene rings is 3. The van der Waals surface area contributed by atoms with Gasteiger partial charge in [0.05, 0.1) is 5.56 Å². The van der Waals surface area contributed by atoms with Gasteiger partial charge in [0, 0.05) is 12.1 Å². The molecular formula is C21H17F3N2O. The molecule has 0 radical (unpaired) electrons. The largest absolute Gasteiger partial charge is 0.416 e. The van der Waals surface area contributed by atoms with Crippen molar-refractivity contribution in [3.63, 3.8) is 0 Å². The smallest absolute Gasteiger partial charge is 0.287 e. The number of hydrogen-bond donors (Lipinski definition) is 2. The van der Waals surface area contributed by atoms with E-state index in [1.54, 1.807) is 0 Å². The van der Waals surface area contributed by atoms with E-state index in [0.717, 1.165) is 41.0 Å². The maximum absolute atomic E-state index is 12.5. The van der Waals surface area contributed by atoms with Gasteiger partial charge in [-0.3, -0.25) is 10.2 Å². The van der Waals surface area contributed by atoms with Gasteiger partial charge in [0.15, 0.2) is 0 Å². The van der Waals surface area contributed by atoms with Crippen molar-refractivity contribution in [3.05, 3.63) is 95.6 Å². The number of halogens is 3. The summed E-state index contributed by atoms with van der Waals surface area (Å²) in [6, 6.07) is 21.9. The first-order valence-electron chi connectivity index (χ1n) is 8.28. The van der Waals surface area contributed by atoms with Crippen LogP contribution in [0.5, 0.6) is 0 Å². The first-order chi connectivity index (χ1) is 12.9. The molecule has 3 aromatic rings. The second kappa shape index (κ2) is 8.05. The van der Waals surface area contributed by atoms with Gasteiger partial charge in [-0.1, -0.05) is 54.6 Å². The van der Waals surface area contributed by atoms with E-state index in [0.29, 0.717) is 6.54 Å². The summed E-state index contributed by atoms with van der Waals surface area (Å²) in [6.07, 6.45) is -4.42. The third kappa shape index (κ3) is 4.95. The third-order valence-corrected chi connectivity index (χ3v) is 4.03. The Bertz CT molecular complexity index is 889. The van der Waals surface area contributed by atoms with Gasteiger partial charge in [-0.15, -0.1) is 0 Å². The van der Waals surface area contributed by atoms with Gasteiger partial charge in [0.25, 0.3) is 5.91 Å². The SMILES string of the molecule is O=C(NNCc1ccc(-c2ccccc2)cc1)c1ccc(C(F)(F)F)cc1. The van der Waals surface area contributed by atoms with Gasteiger partial charge in [0.2, 0.25) is 0 Å². The van der Waals surface area contributed by atoms with Crippen LogP contribution in [-0.4, -0.2) is 5.91 Å². The molecule has 0 aliphatic carbocycles. The summed E-state index contributed by atoms with van der Waals surface area (Å²) < 4.78 is 37.6. The average molecular weight is 370 g/mol.